The van der Waals surface area contributed by atoms with E-state index in [0.29, 0.717) is 0 Å². The second-order valence-electron chi connectivity index (χ2n) is 9.20. The summed E-state index contributed by atoms with van der Waals surface area (Å²) in [5, 5.41) is 2.15. The highest BCUT2D eigenvalue weighted by atomic mass is 16.1. The molecule has 6 aromatic rings. The topological polar surface area (TPSA) is 17.1 Å². The molecule has 0 radical (unpaired) electrons. The van der Waals surface area contributed by atoms with Gasteiger partial charge in [-0.25, -0.2) is 0 Å². The number of ketones is 1. The van der Waals surface area contributed by atoms with Crippen LogP contribution >= 0.6 is 0 Å². The van der Waals surface area contributed by atoms with E-state index in [2.05, 4.69) is 103 Å². The third-order valence-corrected chi connectivity index (χ3v) is 7.21. The van der Waals surface area contributed by atoms with Gasteiger partial charge in [-0.15, -0.1) is 0 Å². The van der Waals surface area contributed by atoms with Crippen molar-refractivity contribution in [1.29, 1.82) is 0 Å². The minimum atomic E-state index is 0.0918. The maximum absolute atomic E-state index is 13.7. The summed E-state index contributed by atoms with van der Waals surface area (Å²) >= 11 is 0. The van der Waals surface area contributed by atoms with Crippen molar-refractivity contribution in [1.82, 2.24) is 0 Å². The van der Waals surface area contributed by atoms with Gasteiger partial charge in [0.15, 0.2) is 5.78 Å². The van der Waals surface area contributed by atoms with Crippen molar-refractivity contribution >= 4 is 16.6 Å². The van der Waals surface area contributed by atoms with E-state index in [-0.39, 0.29) is 5.78 Å². The average molecular weight is 459 g/mol. The third-order valence-electron chi connectivity index (χ3n) is 7.21. The fourth-order valence-electron chi connectivity index (χ4n) is 5.73. The average Bonchev–Trinajstić information content (AvgIpc) is 2.96. The zero-order valence-corrected chi connectivity index (χ0v) is 19.6. The molecule has 0 fully saturated rings. The van der Waals surface area contributed by atoms with E-state index in [0.717, 1.165) is 55.3 Å². The molecule has 0 spiro atoms. The van der Waals surface area contributed by atoms with Crippen molar-refractivity contribution in [3.05, 3.63) is 145 Å². The first-order valence-corrected chi connectivity index (χ1v) is 12.3. The molecule has 0 aromatic heterocycles. The highest BCUT2D eigenvalue weighted by Crippen LogP contribution is 2.53. The Morgan fingerprint density at radius 2 is 0.778 bits per heavy atom. The number of carbonyl (C=O) groups excluding carboxylic acids is 1. The Labute approximate surface area is 210 Å². The first-order chi connectivity index (χ1) is 17.8. The van der Waals surface area contributed by atoms with Crippen LogP contribution in [0.25, 0.3) is 55.3 Å². The van der Waals surface area contributed by atoms with Crippen LogP contribution in [0.15, 0.2) is 133 Å². The lowest BCUT2D eigenvalue weighted by molar-refractivity contribution is 0.104. The lowest BCUT2D eigenvalue weighted by Gasteiger charge is -2.28. The molecule has 1 aliphatic carbocycles. The highest BCUT2D eigenvalue weighted by Gasteiger charge is 2.31. The van der Waals surface area contributed by atoms with Crippen LogP contribution < -0.4 is 0 Å². The van der Waals surface area contributed by atoms with E-state index in [1.54, 1.807) is 0 Å². The molecule has 0 saturated heterocycles. The summed E-state index contributed by atoms with van der Waals surface area (Å²) in [5.41, 5.74) is 10.6. The summed E-state index contributed by atoms with van der Waals surface area (Å²) in [5.74, 6) is 0.0918. The van der Waals surface area contributed by atoms with E-state index in [1.165, 1.54) is 11.1 Å². The molecule has 0 N–H and O–H groups in total. The van der Waals surface area contributed by atoms with Gasteiger partial charge >= 0.3 is 0 Å². The van der Waals surface area contributed by atoms with Gasteiger partial charge in [-0.05, 0) is 49.9 Å². The fraction of sp³-hybridized carbons (Fsp3) is 0. The second kappa shape index (κ2) is 8.18. The smallest absolute Gasteiger partial charge is 0.194 e. The summed E-state index contributed by atoms with van der Waals surface area (Å²) < 4.78 is 0. The number of rotatable bonds is 3. The van der Waals surface area contributed by atoms with Gasteiger partial charge in [-0.2, -0.15) is 0 Å². The van der Waals surface area contributed by atoms with Crippen LogP contribution in [0.1, 0.15) is 15.9 Å². The van der Waals surface area contributed by atoms with E-state index in [9.17, 15) is 4.79 Å². The van der Waals surface area contributed by atoms with Crippen LogP contribution in [0.3, 0.4) is 0 Å². The molecule has 168 valence electrons. The predicted molar refractivity (Wildman–Crippen MR) is 149 cm³/mol. The minimum Gasteiger partial charge on any atom is -0.289 e. The lowest BCUT2D eigenvalue weighted by atomic mass is 9.74. The molecule has 6 aromatic carbocycles. The number of hydrogen-bond donors (Lipinski definition) is 0. The van der Waals surface area contributed by atoms with Crippen LogP contribution in [-0.4, -0.2) is 5.78 Å². The standard InChI is InChI=1S/C35H22O/c36-35-27-20-11-10-19-26(27)34-32(25-17-8-3-9-18-25)31(24-15-6-2-7-16-24)30(23-13-4-1-5-14-23)28-21-12-22-29(35)33(28)34/h1-22H. The van der Waals surface area contributed by atoms with Crippen LogP contribution in [0.2, 0.25) is 0 Å². The van der Waals surface area contributed by atoms with Crippen molar-refractivity contribution in [2.75, 3.05) is 0 Å². The summed E-state index contributed by atoms with van der Waals surface area (Å²) in [6.45, 7) is 0. The number of fused-ring (bicyclic) bond motifs is 2. The van der Waals surface area contributed by atoms with Gasteiger partial charge in [0.2, 0.25) is 0 Å². The molecule has 1 nitrogen and oxygen atoms in total. The van der Waals surface area contributed by atoms with Crippen molar-refractivity contribution < 1.29 is 4.79 Å². The van der Waals surface area contributed by atoms with E-state index in [1.807, 2.05) is 30.3 Å². The normalized spacial score (nSPS) is 11.9. The molecule has 0 aliphatic heterocycles. The predicted octanol–water partition coefficient (Wildman–Crippen LogP) is 9.05. The molecule has 0 bridgehead atoms. The number of benzene rings is 6. The van der Waals surface area contributed by atoms with Gasteiger partial charge in [0.05, 0.1) is 0 Å². The van der Waals surface area contributed by atoms with E-state index >= 15 is 0 Å². The van der Waals surface area contributed by atoms with Crippen molar-refractivity contribution in [3.8, 4) is 44.5 Å². The molecule has 36 heavy (non-hydrogen) atoms. The SMILES string of the molecule is O=C1c2ccccc2-c2c(-c3ccccc3)c(-c3ccccc3)c(-c3ccccc3)c3cccc1c23. The Morgan fingerprint density at radius 1 is 0.333 bits per heavy atom. The van der Waals surface area contributed by atoms with Crippen molar-refractivity contribution in [2.24, 2.45) is 0 Å². The van der Waals surface area contributed by atoms with Crippen LogP contribution in [0.4, 0.5) is 0 Å². The van der Waals surface area contributed by atoms with Gasteiger partial charge in [-0.3, -0.25) is 4.79 Å². The third kappa shape index (κ3) is 3.00. The summed E-state index contributed by atoms with van der Waals surface area (Å²) in [6.07, 6.45) is 0. The zero-order valence-electron chi connectivity index (χ0n) is 19.6. The van der Waals surface area contributed by atoms with Gasteiger partial charge in [0, 0.05) is 16.5 Å². The lowest BCUT2D eigenvalue weighted by Crippen LogP contribution is -2.11. The van der Waals surface area contributed by atoms with Crippen LogP contribution in [-0.2, 0) is 0 Å². The fourth-order valence-corrected chi connectivity index (χ4v) is 5.73. The van der Waals surface area contributed by atoms with E-state index in [4.69, 9.17) is 0 Å². The quantitative estimate of drug-likeness (QED) is 0.258. The molecule has 1 heteroatoms. The molecule has 1 aliphatic rings. The molecular formula is C35H22O. The molecule has 0 amide bonds. The molecule has 0 atom stereocenters. The Kier molecular flexibility index (Phi) is 4.68. The molecule has 0 unspecified atom stereocenters. The van der Waals surface area contributed by atoms with Crippen molar-refractivity contribution in [2.45, 2.75) is 0 Å². The van der Waals surface area contributed by atoms with Crippen LogP contribution in [0.5, 0.6) is 0 Å². The van der Waals surface area contributed by atoms with Gasteiger partial charge < -0.3 is 0 Å². The Bertz CT molecular complexity index is 1770. The molecule has 7 rings (SSSR count). The Balaban J connectivity index is 1.80. The Hall–Kier alpha value is -4.75. The first-order valence-electron chi connectivity index (χ1n) is 12.3. The second-order valence-corrected chi connectivity index (χ2v) is 9.20. The maximum Gasteiger partial charge on any atom is 0.194 e. The molecule has 0 saturated carbocycles. The summed E-state index contributed by atoms with van der Waals surface area (Å²) in [4.78, 5) is 13.7. The van der Waals surface area contributed by atoms with Crippen LogP contribution in [0, 0.1) is 0 Å². The highest BCUT2D eigenvalue weighted by molar-refractivity contribution is 6.31. The van der Waals surface area contributed by atoms with Gasteiger partial charge in [0.1, 0.15) is 0 Å². The largest absolute Gasteiger partial charge is 0.289 e. The summed E-state index contributed by atoms with van der Waals surface area (Å²) in [6, 6.07) is 46.0. The number of hydrogen-bond acceptors (Lipinski definition) is 1. The summed E-state index contributed by atoms with van der Waals surface area (Å²) in [7, 11) is 0. The molecule has 0 heterocycles. The monoisotopic (exact) mass is 458 g/mol. The van der Waals surface area contributed by atoms with Gasteiger partial charge in [0.25, 0.3) is 0 Å². The Morgan fingerprint density at radius 3 is 1.36 bits per heavy atom. The van der Waals surface area contributed by atoms with Crippen molar-refractivity contribution in [3.63, 3.8) is 0 Å². The van der Waals surface area contributed by atoms with E-state index < -0.39 is 0 Å². The number of carbonyl (C=O) groups is 1. The zero-order chi connectivity index (χ0) is 24.1. The first kappa shape index (κ1) is 20.6. The maximum atomic E-state index is 13.7. The minimum absolute atomic E-state index is 0.0918. The molecular weight excluding hydrogens is 436 g/mol. The van der Waals surface area contributed by atoms with Gasteiger partial charge in [-0.1, -0.05) is 133 Å².